The lowest BCUT2D eigenvalue weighted by Crippen LogP contribution is -2.12. The molecule has 2 aromatic carbocycles. The molecule has 4 aromatic rings. The molecule has 0 radical (unpaired) electrons. The molecule has 0 fully saturated rings. The zero-order chi connectivity index (χ0) is 22.0. The van der Waals surface area contributed by atoms with E-state index in [0.29, 0.717) is 28.5 Å². The van der Waals surface area contributed by atoms with E-state index in [1.165, 1.54) is 21.3 Å². The van der Waals surface area contributed by atoms with Crippen LogP contribution in [-0.2, 0) is 0 Å². The number of nitrogens with zero attached hydrogens (tertiary/aromatic N) is 2. The van der Waals surface area contributed by atoms with Gasteiger partial charge in [0.1, 0.15) is 5.65 Å². The summed E-state index contributed by atoms with van der Waals surface area (Å²) in [5, 5.41) is 2.93. The van der Waals surface area contributed by atoms with Gasteiger partial charge >= 0.3 is 0 Å². The normalized spacial score (nSPS) is 10.7. The topological polar surface area (TPSA) is 74.1 Å². The summed E-state index contributed by atoms with van der Waals surface area (Å²) in [5.74, 6) is 0.981. The van der Waals surface area contributed by atoms with Gasteiger partial charge in [-0.3, -0.25) is 4.79 Å². The number of imidazole rings is 1. The van der Waals surface area contributed by atoms with E-state index in [0.717, 1.165) is 22.5 Å². The lowest BCUT2D eigenvalue weighted by Gasteiger charge is -2.14. The van der Waals surface area contributed by atoms with Crippen LogP contribution in [0.1, 0.15) is 15.9 Å². The van der Waals surface area contributed by atoms with Gasteiger partial charge in [-0.1, -0.05) is 12.1 Å². The van der Waals surface area contributed by atoms with Crippen molar-refractivity contribution >= 4 is 17.2 Å². The minimum absolute atomic E-state index is 0.290. The van der Waals surface area contributed by atoms with E-state index < -0.39 is 0 Å². The molecule has 0 spiro atoms. The first kappa shape index (κ1) is 20.3. The summed E-state index contributed by atoms with van der Waals surface area (Å²) in [4.78, 5) is 17.6. The Hall–Kier alpha value is -4.00. The van der Waals surface area contributed by atoms with Crippen LogP contribution >= 0.6 is 0 Å². The van der Waals surface area contributed by atoms with E-state index in [1.807, 2.05) is 60.1 Å². The molecule has 0 saturated heterocycles. The number of benzene rings is 2. The Morgan fingerprint density at radius 2 is 1.71 bits per heavy atom. The van der Waals surface area contributed by atoms with Crippen LogP contribution in [-0.4, -0.2) is 36.6 Å². The maximum Gasteiger partial charge on any atom is 0.255 e. The van der Waals surface area contributed by atoms with E-state index in [2.05, 4.69) is 10.3 Å². The van der Waals surface area contributed by atoms with Crippen LogP contribution in [0.2, 0.25) is 0 Å². The van der Waals surface area contributed by atoms with Crippen molar-refractivity contribution in [2.75, 3.05) is 26.6 Å². The van der Waals surface area contributed by atoms with Crippen molar-refractivity contribution in [2.24, 2.45) is 0 Å². The number of aromatic nitrogens is 2. The lowest BCUT2D eigenvalue weighted by molar-refractivity contribution is 0.102. The predicted octanol–water partition coefficient (Wildman–Crippen LogP) is 4.59. The molecular formula is C24H23N3O4. The number of rotatable bonds is 6. The molecule has 4 rings (SSSR count). The Kier molecular flexibility index (Phi) is 5.49. The lowest BCUT2D eigenvalue weighted by atomic mass is 10.1. The third-order valence-corrected chi connectivity index (χ3v) is 4.96. The summed E-state index contributed by atoms with van der Waals surface area (Å²) in [6, 6.07) is 14.9. The van der Waals surface area contributed by atoms with Crippen LogP contribution in [0.4, 0.5) is 5.69 Å². The molecule has 2 heterocycles. The SMILES string of the molecule is COc1cc(C(=O)Nc2cccc(-c3cn4ccc(C)cc4n3)c2)cc(OC)c1OC. The summed E-state index contributed by atoms with van der Waals surface area (Å²) in [6.45, 7) is 2.04. The summed E-state index contributed by atoms with van der Waals surface area (Å²) < 4.78 is 18.0. The molecule has 31 heavy (non-hydrogen) atoms. The average molecular weight is 417 g/mol. The highest BCUT2D eigenvalue weighted by atomic mass is 16.5. The third kappa shape index (κ3) is 4.02. The van der Waals surface area contributed by atoms with Crippen LogP contribution in [0.3, 0.4) is 0 Å². The van der Waals surface area contributed by atoms with Crippen molar-refractivity contribution < 1.29 is 19.0 Å². The van der Waals surface area contributed by atoms with E-state index in [1.54, 1.807) is 12.1 Å². The van der Waals surface area contributed by atoms with Crippen molar-refractivity contribution in [3.63, 3.8) is 0 Å². The smallest absolute Gasteiger partial charge is 0.255 e. The van der Waals surface area contributed by atoms with E-state index >= 15 is 0 Å². The number of hydrogen-bond donors (Lipinski definition) is 1. The number of fused-ring (bicyclic) bond motifs is 1. The predicted molar refractivity (Wildman–Crippen MR) is 119 cm³/mol. The molecule has 0 saturated carbocycles. The van der Waals surface area contributed by atoms with Crippen LogP contribution in [0, 0.1) is 6.92 Å². The second kappa shape index (κ2) is 8.39. The Balaban J connectivity index is 1.62. The van der Waals surface area contributed by atoms with Gasteiger partial charge in [0, 0.05) is 29.2 Å². The average Bonchev–Trinajstić information content (AvgIpc) is 3.21. The zero-order valence-electron chi connectivity index (χ0n) is 17.8. The molecule has 0 bridgehead atoms. The van der Waals surface area contributed by atoms with Gasteiger partial charge in [0.2, 0.25) is 5.75 Å². The molecule has 0 aliphatic heterocycles. The molecule has 7 heteroatoms. The fourth-order valence-corrected chi connectivity index (χ4v) is 3.39. The Morgan fingerprint density at radius 3 is 2.39 bits per heavy atom. The molecule has 1 amide bonds. The third-order valence-electron chi connectivity index (χ3n) is 4.96. The van der Waals surface area contributed by atoms with Gasteiger partial charge in [-0.05, 0) is 48.9 Å². The number of carbonyl (C=O) groups excluding carboxylic acids is 1. The van der Waals surface area contributed by atoms with Crippen LogP contribution < -0.4 is 19.5 Å². The number of pyridine rings is 1. The molecule has 0 atom stereocenters. The first-order valence-corrected chi connectivity index (χ1v) is 9.69. The fourth-order valence-electron chi connectivity index (χ4n) is 3.39. The van der Waals surface area contributed by atoms with Gasteiger partial charge in [-0.15, -0.1) is 0 Å². The molecule has 7 nitrogen and oxygen atoms in total. The first-order valence-electron chi connectivity index (χ1n) is 9.69. The molecular weight excluding hydrogens is 394 g/mol. The standard InChI is InChI=1S/C24H23N3O4/c1-15-8-9-27-14-19(26-22(27)10-15)16-6-5-7-18(11-16)25-24(28)17-12-20(29-2)23(31-4)21(13-17)30-3/h5-14H,1-4H3,(H,25,28). The number of hydrogen-bond acceptors (Lipinski definition) is 5. The summed E-state index contributed by atoms with van der Waals surface area (Å²) in [6.07, 6.45) is 3.95. The maximum absolute atomic E-state index is 12.9. The van der Waals surface area contributed by atoms with Gasteiger partial charge in [-0.25, -0.2) is 4.98 Å². The Morgan fingerprint density at radius 1 is 0.968 bits per heavy atom. The number of carbonyl (C=O) groups is 1. The molecule has 2 aromatic heterocycles. The van der Waals surface area contributed by atoms with Gasteiger partial charge < -0.3 is 23.9 Å². The molecule has 1 N–H and O–H groups in total. The highest BCUT2D eigenvalue weighted by Crippen LogP contribution is 2.38. The molecule has 0 aliphatic carbocycles. The van der Waals surface area contributed by atoms with Gasteiger partial charge in [0.15, 0.2) is 11.5 Å². The zero-order valence-corrected chi connectivity index (χ0v) is 17.8. The fraction of sp³-hybridized carbons (Fsp3) is 0.167. The van der Waals surface area contributed by atoms with Gasteiger partial charge in [0.25, 0.3) is 5.91 Å². The highest BCUT2D eigenvalue weighted by Gasteiger charge is 2.17. The molecule has 158 valence electrons. The van der Waals surface area contributed by atoms with Crippen molar-refractivity contribution in [3.05, 3.63) is 72.1 Å². The van der Waals surface area contributed by atoms with Gasteiger partial charge in [0.05, 0.1) is 27.0 Å². The monoisotopic (exact) mass is 417 g/mol. The number of amides is 1. The van der Waals surface area contributed by atoms with Crippen molar-refractivity contribution in [1.29, 1.82) is 0 Å². The molecule has 0 unspecified atom stereocenters. The number of aryl methyl sites for hydroxylation is 1. The van der Waals surface area contributed by atoms with Crippen LogP contribution in [0.5, 0.6) is 17.2 Å². The number of anilines is 1. The summed E-state index contributed by atoms with van der Waals surface area (Å²) in [5.41, 5.74) is 4.81. The Bertz CT molecular complexity index is 1240. The Labute approximate surface area is 180 Å². The summed E-state index contributed by atoms with van der Waals surface area (Å²) >= 11 is 0. The molecule has 0 aliphatic rings. The number of nitrogens with one attached hydrogen (secondary N) is 1. The van der Waals surface area contributed by atoms with Crippen LogP contribution in [0.15, 0.2) is 60.9 Å². The second-order valence-electron chi connectivity index (χ2n) is 7.04. The van der Waals surface area contributed by atoms with E-state index in [-0.39, 0.29) is 5.91 Å². The van der Waals surface area contributed by atoms with Gasteiger partial charge in [-0.2, -0.15) is 0 Å². The number of methoxy groups -OCH3 is 3. The summed E-state index contributed by atoms with van der Waals surface area (Å²) in [7, 11) is 4.55. The van der Waals surface area contributed by atoms with Crippen molar-refractivity contribution in [2.45, 2.75) is 6.92 Å². The van der Waals surface area contributed by atoms with Crippen molar-refractivity contribution in [1.82, 2.24) is 9.38 Å². The minimum Gasteiger partial charge on any atom is -0.493 e. The van der Waals surface area contributed by atoms with Crippen LogP contribution in [0.25, 0.3) is 16.9 Å². The number of ether oxygens (including phenoxy) is 3. The maximum atomic E-state index is 12.9. The highest BCUT2D eigenvalue weighted by molar-refractivity contribution is 6.05. The first-order chi connectivity index (χ1) is 15.0. The minimum atomic E-state index is -0.290. The largest absolute Gasteiger partial charge is 0.493 e. The van der Waals surface area contributed by atoms with Crippen molar-refractivity contribution in [3.8, 4) is 28.5 Å². The van der Waals surface area contributed by atoms with E-state index in [4.69, 9.17) is 14.2 Å². The van der Waals surface area contributed by atoms with E-state index in [9.17, 15) is 4.79 Å². The quantitative estimate of drug-likeness (QED) is 0.497. The second-order valence-corrected chi connectivity index (χ2v) is 7.04.